The van der Waals surface area contributed by atoms with Crippen LogP contribution in [0.3, 0.4) is 0 Å². The first-order chi connectivity index (χ1) is 15.7. The summed E-state index contributed by atoms with van der Waals surface area (Å²) in [6.07, 6.45) is 0. The molecule has 174 valence electrons. The van der Waals surface area contributed by atoms with Gasteiger partial charge in [-0.3, -0.25) is 4.79 Å². The summed E-state index contributed by atoms with van der Waals surface area (Å²) in [6, 6.07) is 20.6. The molecule has 0 aliphatic rings. The molecule has 0 saturated carbocycles. The Balaban J connectivity index is 1.85. The molecule has 0 aliphatic carbocycles. The van der Waals surface area contributed by atoms with Crippen molar-refractivity contribution < 1.29 is 17.9 Å². The van der Waals surface area contributed by atoms with Crippen molar-refractivity contribution in [3.05, 3.63) is 94.0 Å². The minimum absolute atomic E-state index is 0.00807. The van der Waals surface area contributed by atoms with Gasteiger partial charge in [-0.2, -0.15) is 4.31 Å². The highest BCUT2D eigenvalue weighted by Gasteiger charge is 2.30. The Morgan fingerprint density at radius 1 is 0.909 bits per heavy atom. The van der Waals surface area contributed by atoms with Crippen LogP contribution in [0.25, 0.3) is 0 Å². The molecular weight excluding hydrogens is 483 g/mol. The van der Waals surface area contributed by atoms with Crippen molar-refractivity contribution in [3.63, 3.8) is 0 Å². The topological polar surface area (TPSA) is 66.9 Å². The number of carbonyl (C=O) groups excluding carboxylic acids is 1. The normalized spacial score (nSPS) is 11.4. The summed E-state index contributed by atoms with van der Waals surface area (Å²) in [7, 11) is -0.897. The Morgan fingerprint density at radius 3 is 2.18 bits per heavy atom. The molecule has 0 N–H and O–H groups in total. The van der Waals surface area contributed by atoms with Crippen LogP contribution in [0.1, 0.15) is 11.1 Å². The zero-order valence-electron chi connectivity index (χ0n) is 18.2. The van der Waals surface area contributed by atoms with Gasteiger partial charge in [0.15, 0.2) is 0 Å². The minimum atomic E-state index is -4.11. The molecule has 3 rings (SSSR count). The number of carbonyl (C=O) groups is 1. The molecule has 0 fully saturated rings. The number of rotatable bonds is 9. The lowest BCUT2D eigenvalue weighted by Gasteiger charge is -2.25. The third kappa shape index (κ3) is 6.48. The molecule has 0 atom stereocenters. The van der Waals surface area contributed by atoms with E-state index in [1.54, 1.807) is 38.4 Å². The molecule has 0 aliphatic heterocycles. The number of methoxy groups -OCH3 is 1. The van der Waals surface area contributed by atoms with Gasteiger partial charge in [-0.25, -0.2) is 8.42 Å². The van der Waals surface area contributed by atoms with Gasteiger partial charge in [0, 0.05) is 25.2 Å². The quantitative estimate of drug-likeness (QED) is 0.415. The summed E-state index contributed by atoms with van der Waals surface area (Å²) in [5.41, 5.74) is 1.63. The maximum Gasteiger partial charge on any atom is 0.245 e. The van der Waals surface area contributed by atoms with Gasteiger partial charge >= 0.3 is 0 Å². The fourth-order valence-corrected chi connectivity index (χ4v) is 5.31. The average molecular weight is 507 g/mol. The SMILES string of the molecule is COc1ccc(CN(C)C(=O)CN(Cc2ccccc2)S(=O)(=O)c2cc(Cl)ccc2Cl)cc1. The summed E-state index contributed by atoms with van der Waals surface area (Å²) in [5, 5.41) is 0.275. The standard InChI is InChI=1S/C24H24Cl2N2O4S/c1-27(15-19-8-11-21(32-2)12-9-19)24(29)17-28(16-18-6-4-3-5-7-18)33(30,31)23-14-20(25)10-13-22(23)26/h3-14H,15-17H2,1-2H3. The molecule has 0 spiro atoms. The zero-order chi connectivity index (χ0) is 24.0. The lowest BCUT2D eigenvalue weighted by molar-refractivity contribution is -0.130. The third-order valence-corrected chi connectivity index (χ3v) is 7.54. The molecular formula is C24H24Cl2N2O4S. The van der Waals surface area contributed by atoms with Crippen LogP contribution in [0.5, 0.6) is 5.75 Å². The Labute approximate surface area is 204 Å². The van der Waals surface area contributed by atoms with Crippen LogP contribution in [-0.2, 0) is 27.9 Å². The highest BCUT2D eigenvalue weighted by Crippen LogP contribution is 2.28. The van der Waals surface area contributed by atoms with Crippen molar-refractivity contribution in [2.45, 2.75) is 18.0 Å². The van der Waals surface area contributed by atoms with Crippen LogP contribution in [0.15, 0.2) is 77.7 Å². The van der Waals surface area contributed by atoms with Crippen LogP contribution >= 0.6 is 23.2 Å². The lowest BCUT2D eigenvalue weighted by atomic mass is 10.2. The maximum absolute atomic E-state index is 13.5. The van der Waals surface area contributed by atoms with E-state index < -0.39 is 10.0 Å². The largest absolute Gasteiger partial charge is 0.497 e. The maximum atomic E-state index is 13.5. The molecule has 6 nitrogen and oxygen atoms in total. The van der Waals surface area contributed by atoms with E-state index in [0.29, 0.717) is 12.3 Å². The number of halogens is 2. The van der Waals surface area contributed by atoms with E-state index in [1.807, 2.05) is 30.3 Å². The van der Waals surface area contributed by atoms with Gasteiger partial charge in [0.25, 0.3) is 0 Å². The molecule has 9 heteroatoms. The number of ether oxygens (including phenoxy) is 1. The summed E-state index contributed by atoms with van der Waals surface area (Å²) >= 11 is 12.2. The predicted molar refractivity (Wildman–Crippen MR) is 130 cm³/mol. The lowest BCUT2D eigenvalue weighted by Crippen LogP contribution is -2.41. The Bertz CT molecular complexity index is 1200. The van der Waals surface area contributed by atoms with Crippen LogP contribution < -0.4 is 4.74 Å². The molecule has 0 unspecified atom stereocenters. The number of benzene rings is 3. The number of amides is 1. The van der Waals surface area contributed by atoms with Crippen molar-refractivity contribution in [1.82, 2.24) is 9.21 Å². The third-order valence-electron chi connectivity index (χ3n) is 5.03. The highest BCUT2D eigenvalue weighted by molar-refractivity contribution is 7.89. The van der Waals surface area contributed by atoms with Crippen molar-refractivity contribution in [2.24, 2.45) is 0 Å². The predicted octanol–water partition coefficient (Wildman–Crippen LogP) is 4.85. The van der Waals surface area contributed by atoms with Crippen molar-refractivity contribution >= 4 is 39.1 Å². The summed E-state index contributed by atoms with van der Waals surface area (Å²) in [5.74, 6) is 0.356. The van der Waals surface area contributed by atoms with Gasteiger partial charge in [-0.15, -0.1) is 0 Å². The first kappa shape index (κ1) is 25.1. The Morgan fingerprint density at radius 2 is 1.55 bits per heavy atom. The number of hydrogen-bond acceptors (Lipinski definition) is 4. The number of sulfonamides is 1. The second kappa shape index (κ2) is 11.0. The minimum Gasteiger partial charge on any atom is -0.497 e. The molecule has 0 saturated heterocycles. The Hall–Kier alpha value is -2.58. The van der Waals surface area contributed by atoms with Crippen molar-refractivity contribution in [1.29, 1.82) is 0 Å². The first-order valence-electron chi connectivity index (χ1n) is 10.1. The van der Waals surface area contributed by atoms with E-state index >= 15 is 0 Å². The average Bonchev–Trinajstić information content (AvgIpc) is 2.81. The van der Waals surface area contributed by atoms with E-state index in [0.717, 1.165) is 15.4 Å². The zero-order valence-corrected chi connectivity index (χ0v) is 20.6. The fourth-order valence-electron chi connectivity index (χ4n) is 3.19. The molecule has 3 aromatic carbocycles. The van der Waals surface area contributed by atoms with E-state index in [4.69, 9.17) is 27.9 Å². The summed E-state index contributed by atoms with van der Waals surface area (Å²) in [4.78, 5) is 14.4. The van der Waals surface area contributed by atoms with Gasteiger partial charge in [-0.05, 0) is 41.5 Å². The van der Waals surface area contributed by atoms with Crippen LogP contribution in [0.2, 0.25) is 10.0 Å². The fraction of sp³-hybridized carbons (Fsp3) is 0.208. The van der Waals surface area contributed by atoms with Gasteiger partial charge in [0.1, 0.15) is 10.6 Å². The van der Waals surface area contributed by atoms with E-state index in [1.165, 1.54) is 23.1 Å². The van der Waals surface area contributed by atoms with Crippen LogP contribution in [0.4, 0.5) is 0 Å². The molecule has 1 amide bonds. The molecule has 3 aromatic rings. The molecule has 0 aromatic heterocycles. The first-order valence-corrected chi connectivity index (χ1v) is 12.3. The van der Waals surface area contributed by atoms with E-state index in [-0.39, 0.29) is 33.9 Å². The van der Waals surface area contributed by atoms with Gasteiger partial charge in [0.2, 0.25) is 15.9 Å². The Kier molecular flexibility index (Phi) is 8.37. The highest BCUT2D eigenvalue weighted by atomic mass is 35.5. The van der Waals surface area contributed by atoms with Gasteiger partial charge in [0.05, 0.1) is 18.7 Å². The van der Waals surface area contributed by atoms with Crippen molar-refractivity contribution in [3.8, 4) is 5.75 Å². The summed E-state index contributed by atoms with van der Waals surface area (Å²) < 4.78 is 33.3. The summed E-state index contributed by atoms with van der Waals surface area (Å²) in [6.45, 7) is -0.0270. The number of nitrogens with zero attached hydrogens (tertiary/aromatic N) is 2. The molecule has 33 heavy (non-hydrogen) atoms. The molecule has 0 heterocycles. The van der Waals surface area contributed by atoms with Crippen molar-refractivity contribution in [2.75, 3.05) is 20.7 Å². The van der Waals surface area contributed by atoms with E-state index in [9.17, 15) is 13.2 Å². The monoisotopic (exact) mass is 506 g/mol. The molecule has 0 radical (unpaired) electrons. The van der Waals surface area contributed by atoms with Crippen LogP contribution in [-0.4, -0.2) is 44.2 Å². The smallest absolute Gasteiger partial charge is 0.245 e. The number of likely N-dealkylation sites (N-methyl/N-ethyl adjacent to an activating group) is 1. The van der Waals surface area contributed by atoms with E-state index in [2.05, 4.69) is 0 Å². The van der Waals surface area contributed by atoms with Crippen LogP contribution in [0, 0.1) is 0 Å². The second-order valence-electron chi connectivity index (χ2n) is 7.43. The van der Waals surface area contributed by atoms with Gasteiger partial charge < -0.3 is 9.64 Å². The number of hydrogen-bond donors (Lipinski definition) is 0. The molecule has 0 bridgehead atoms. The second-order valence-corrected chi connectivity index (χ2v) is 10.2. The van der Waals surface area contributed by atoms with Gasteiger partial charge in [-0.1, -0.05) is 65.7 Å².